The molecule has 0 spiro atoms. The van der Waals surface area contributed by atoms with E-state index < -0.39 is 0 Å². The maximum absolute atomic E-state index is 13.3. The third-order valence-electron chi connectivity index (χ3n) is 5.18. The second kappa shape index (κ2) is 9.98. The van der Waals surface area contributed by atoms with Crippen LogP contribution in [0.5, 0.6) is 0 Å². The zero-order valence-corrected chi connectivity index (χ0v) is 19.0. The zero-order valence-electron chi connectivity index (χ0n) is 18.2. The number of benzene rings is 3. The molecule has 4 aromatic rings. The monoisotopic (exact) mass is 447 g/mol. The molecule has 0 aliphatic rings. The summed E-state index contributed by atoms with van der Waals surface area (Å²) in [6, 6.07) is 23.0. The topological polar surface area (TPSA) is 56.2 Å². The van der Waals surface area contributed by atoms with E-state index in [1.165, 1.54) is 0 Å². The van der Waals surface area contributed by atoms with Gasteiger partial charge in [0.25, 0.3) is 5.56 Å². The fourth-order valence-corrected chi connectivity index (χ4v) is 3.70. The van der Waals surface area contributed by atoms with E-state index in [0.29, 0.717) is 41.5 Å². The number of fused-ring (bicyclic) bond motifs is 1. The van der Waals surface area contributed by atoms with Crippen molar-refractivity contribution in [1.82, 2.24) is 9.55 Å². The van der Waals surface area contributed by atoms with Gasteiger partial charge < -0.3 is 10.1 Å². The van der Waals surface area contributed by atoms with E-state index in [9.17, 15) is 4.79 Å². The van der Waals surface area contributed by atoms with Crippen molar-refractivity contribution in [2.75, 3.05) is 18.5 Å². The second-order valence-corrected chi connectivity index (χ2v) is 8.38. The molecule has 0 unspecified atom stereocenters. The molecule has 32 heavy (non-hydrogen) atoms. The van der Waals surface area contributed by atoms with E-state index in [0.717, 1.165) is 16.9 Å². The van der Waals surface area contributed by atoms with Crippen LogP contribution in [0.1, 0.15) is 31.2 Å². The highest BCUT2D eigenvalue weighted by molar-refractivity contribution is 6.30. The highest BCUT2D eigenvalue weighted by Crippen LogP contribution is 2.22. The first kappa shape index (κ1) is 22.1. The molecule has 5 nitrogen and oxygen atoms in total. The minimum Gasteiger partial charge on any atom is -0.383 e. The standard InChI is InChI=1S/C26H26ClN3O2/c1-18(2)25-29-24-16-21(28-14-15-32-17-19-6-4-3-5-7-19)10-13-23(24)26(31)30(25)22-11-8-20(27)9-12-22/h3-13,16,18,28H,14-15,17H2,1-2H3. The maximum Gasteiger partial charge on any atom is 0.265 e. The Hall–Kier alpha value is -3.15. The van der Waals surface area contributed by atoms with Gasteiger partial charge in [0.15, 0.2) is 0 Å². The quantitative estimate of drug-likeness (QED) is 0.347. The highest BCUT2D eigenvalue weighted by atomic mass is 35.5. The summed E-state index contributed by atoms with van der Waals surface area (Å²) in [6.45, 7) is 5.90. The molecule has 0 radical (unpaired) electrons. The van der Waals surface area contributed by atoms with Gasteiger partial charge in [-0.2, -0.15) is 0 Å². The molecule has 1 heterocycles. The maximum atomic E-state index is 13.3. The first-order valence-electron chi connectivity index (χ1n) is 10.7. The average molecular weight is 448 g/mol. The third kappa shape index (κ3) is 5.01. The molecule has 0 saturated heterocycles. The van der Waals surface area contributed by atoms with Crippen LogP contribution in [0, 0.1) is 0 Å². The van der Waals surface area contributed by atoms with E-state index >= 15 is 0 Å². The summed E-state index contributed by atoms with van der Waals surface area (Å²) in [5.74, 6) is 0.791. The lowest BCUT2D eigenvalue weighted by Crippen LogP contribution is -2.24. The molecule has 0 amide bonds. The number of nitrogens with one attached hydrogen (secondary N) is 1. The molecule has 0 bridgehead atoms. The fourth-order valence-electron chi connectivity index (χ4n) is 3.57. The molecule has 0 atom stereocenters. The minimum atomic E-state index is -0.0845. The largest absolute Gasteiger partial charge is 0.383 e. The van der Waals surface area contributed by atoms with Crippen molar-refractivity contribution in [3.8, 4) is 5.69 Å². The number of rotatable bonds is 8. The minimum absolute atomic E-state index is 0.0748. The zero-order chi connectivity index (χ0) is 22.5. The third-order valence-corrected chi connectivity index (χ3v) is 5.44. The molecule has 0 saturated carbocycles. The molecule has 0 aliphatic heterocycles. The van der Waals surface area contributed by atoms with Gasteiger partial charge in [-0.3, -0.25) is 9.36 Å². The van der Waals surface area contributed by atoms with Crippen LogP contribution in [0.4, 0.5) is 5.69 Å². The van der Waals surface area contributed by atoms with Gasteiger partial charge in [0.1, 0.15) is 5.82 Å². The summed E-state index contributed by atoms with van der Waals surface area (Å²) in [7, 11) is 0. The molecule has 1 N–H and O–H groups in total. The molecule has 1 aromatic heterocycles. The van der Waals surface area contributed by atoms with Crippen LogP contribution in [0.2, 0.25) is 5.02 Å². The number of nitrogens with zero attached hydrogens (tertiary/aromatic N) is 2. The first-order valence-corrected chi connectivity index (χ1v) is 11.1. The van der Waals surface area contributed by atoms with Crippen molar-refractivity contribution < 1.29 is 4.74 Å². The van der Waals surface area contributed by atoms with Crippen LogP contribution >= 0.6 is 11.6 Å². The van der Waals surface area contributed by atoms with Gasteiger partial charge >= 0.3 is 0 Å². The lowest BCUT2D eigenvalue weighted by molar-refractivity contribution is 0.130. The van der Waals surface area contributed by atoms with Crippen molar-refractivity contribution in [2.45, 2.75) is 26.4 Å². The van der Waals surface area contributed by atoms with E-state index in [-0.39, 0.29) is 11.5 Å². The van der Waals surface area contributed by atoms with Gasteiger partial charge in [0.2, 0.25) is 0 Å². The van der Waals surface area contributed by atoms with E-state index in [1.54, 1.807) is 16.7 Å². The van der Waals surface area contributed by atoms with Gasteiger partial charge in [-0.25, -0.2) is 4.98 Å². The normalized spacial score (nSPS) is 11.2. The predicted octanol–water partition coefficient (Wildman–Crippen LogP) is 5.79. The van der Waals surface area contributed by atoms with Crippen molar-refractivity contribution in [3.05, 3.63) is 99.6 Å². The molecular formula is C26H26ClN3O2. The van der Waals surface area contributed by atoms with Crippen molar-refractivity contribution in [1.29, 1.82) is 0 Å². The van der Waals surface area contributed by atoms with Gasteiger partial charge in [-0.15, -0.1) is 0 Å². The van der Waals surface area contributed by atoms with Crippen molar-refractivity contribution in [2.24, 2.45) is 0 Å². The second-order valence-electron chi connectivity index (χ2n) is 7.94. The lowest BCUT2D eigenvalue weighted by atomic mass is 10.1. The van der Waals surface area contributed by atoms with Crippen molar-refractivity contribution in [3.63, 3.8) is 0 Å². The molecule has 0 aliphatic carbocycles. The number of hydrogen-bond donors (Lipinski definition) is 1. The molecular weight excluding hydrogens is 422 g/mol. The molecule has 164 valence electrons. The molecule has 3 aromatic carbocycles. The molecule has 6 heteroatoms. The number of ether oxygens (including phenoxy) is 1. The van der Waals surface area contributed by atoms with E-state index in [2.05, 4.69) is 5.32 Å². The smallest absolute Gasteiger partial charge is 0.265 e. The van der Waals surface area contributed by atoms with Gasteiger partial charge in [0, 0.05) is 23.2 Å². The van der Waals surface area contributed by atoms with Crippen LogP contribution < -0.4 is 10.9 Å². The first-order chi connectivity index (χ1) is 15.5. The lowest BCUT2D eigenvalue weighted by Gasteiger charge is -2.16. The van der Waals surface area contributed by atoms with Crippen LogP contribution in [0.25, 0.3) is 16.6 Å². The predicted molar refractivity (Wildman–Crippen MR) is 131 cm³/mol. The van der Waals surface area contributed by atoms with Crippen LogP contribution in [0.3, 0.4) is 0 Å². The summed E-state index contributed by atoms with van der Waals surface area (Å²) >= 11 is 6.03. The summed E-state index contributed by atoms with van der Waals surface area (Å²) in [6.07, 6.45) is 0. The van der Waals surface area contributed by atoms with Gasteiger partial charge in [0.05, 0.1) is 29.8 Å². The Labute approximate surface area is 192 Å². The summed E-state index contributed by atoms with van der Waals surface area (Å²) in [4.78, 5) is 18.2. The van der Waals surface area contributed by atoms with Gasteiger partial charge in [-0.1, -0.05) is 55.8 Å². The van der Waals surface area contributed by atoms with E-state index in [4.69, 9.17) is 21.3 Å². The number of aromatic nitrogens is 2. The fraction of sp³-hybridized carbons (Fsp3) is 0.231. The average Bonchev–Trinajstić information content (AvgIpc) is 2.80. The van der Waals surface area contributed by atoms with Crippen LogP contribution in [0.15, 0.2) is 77.6 Å². The van der Waals surface area contributed by atoms with Crippen molar-refractivity contribution >= 4 is 28.2 Å². The Morgan fingerprint density at radius 2 is 1.78 bits per heavy atom. The van der Waals surface area contributed by atoms with Gasteiger partial charge in [-0.05, 0) is 48.0 Å². The Morgan fingerprint density at radius 3 is 2.50 bits per heavy atom. The molecule has 0 fully saturated rings. The Kier molecular flexibility index (Phi) is 6.88. The summed E-state index contributed by atoms with van der Waals surface area (Å²) < 4.78 is 7.41. The summed E-state index contributed by atoms with van der Waals surface area (Å²) in [5.41, 5.74) is 3.42. The number of anilines is 1. The highest BCUT2D eigenvalue weighted by Gasteiger charge is 2.15. The Morgan fingerprint density at radius 1 is 1.03 bits per heavy atom. The van der Waals surface area contributed by atoms with E-state index in [1.807, 2.05) is 74.5 Å². The molecule has 4 rings (SSSR count). The summed E-state index contributed by atoms with van der Waals surface area (Å²) in [5, 5.41) is 4.56. The van der Waals surface area contributed by atoms with Crippen LogP contribution in [-0.4, -0.2) is 22.7 Å². The number of hydrogen-bond acceptors (Lipinski definition) is 4. The SMILES string of the molecule is CC(C)c1nc2cc(NCCOCc3ccccc3)ccc2c(=O)n1-c1ccc(Cl)cc1. The Balaban J connectivity index is 1.53. The Bertz CT molecular complexity index is 1250. The van der Waals surface area contributed by atoms with Crippen LogP contribution in [-0.2, 0) is 11.3 Å². The number of halogens is 1.